The van der Waals surface area contributed by atoms with Crippen LogP contribution in [0.25, 0.3) is 5.69 Å². The second-order valence-corrected chi connectivity index (χ2v) is 5.33. The van der Waals surface area contributed by atoms with Crippen molar-refractivity contribution in [2.24, 2.45) is 5.73 Å². The van der Waals surface area contributed by atoms with E-state index >= 15 is 0 Å². The van der Waals surface area contributed by atoms with E-state index in [1.54, 1.807) is 17.1 Å². The van der Waals surface area contributed by atoms with E-state index in [0.717, 1.165) is 31.4 Å². The fourth-order valence-corrected chi connectivity index (χ4v) is 2.60. The number of para-hydroxylation sites is 1. The Balaban J connectivity index is 1.73. The van der Waals surface area contributed by atoms with Gasteiger partial charge in [0.1, 0.15) is 0 Å². The van der Waals surface area contributed by atoms with E-state index in [1.165, 1.54) is 0 Å². The van der Waals surface area contributed by atoms with Crippen molar-refractivity contribution in [1.82, 2.24) is 9.78 Å². The molecular formula is C15H18N4O. The molecule has 1 fully saturated rings. The number of anilines is 1. The van der Waals surface area contributed by atoms with Crippen LogP contribution >= 0.6 is 0 Å². The molecule has 5 nitrogen and oxygen atoms in total. The van der Waals surface area contributed by atoms with Gasteiger partial charge in [0.05, 0.1) is 29.3 Å². The van der Waals surface area contributed by atoms with Crippen LogP contribution in [0.2, 0.25) is 0 Å². The van der Waals surface area contributed by atoms with Gasteiger partial charge in [-0.3, -0.25) is 4.79 Å². The summed E-state index contributed by atoms with van der Waals surface area (Å²) in [7, 11) is 0. The van der Waals surface area contributed by atoms with Crippen molar-refractivity contribution in [2.75, 3.05) is 5.32 Å². The summed E-state index contributed by atoms with van der Waals surface area (Å²) in [6, 6.07) is 9.76. The number of benzene rings is 1. The molecule has 1 aromatic carbocycles. The second-order valence-electron chi connectivity index (χ2n) is 5.33. The molecule has 1 saturated carbocycles. The van der Waals surface area contributed by atoms with E-state index in [9.17, 15) is 4.79 Å². The molecule has 1 heterocycles. The number of hydrogen-bond acceptors (Lipinski definition) is 3. The molecule has 20 heavy (non-hydrogen) atoms. The first kappa shape index (κ1) is 12.9. The molecule has 1 aromatic heterocycles. The smallest absolute Gasteiger partial charge is 0.244 e. The van der Waals surface area contributed by atoms with Crippen molar-refractivity contribution >= 4 is 11.6 Å². The van der Waals surface area contributed by atoms with E-state index < -0.39 is 5.54 Å². The van der Waals surface area contributed by atoms with Crippen LogP contribution in [0.3, 0.4) is 0 Å². The van der Waals surface area contributed by atoms with Crippen LogP contribution in [-0.4, -0.2) is 21.2 Å². The van der Waals surface area contributed by atoms with Crippen LogP contribution in [0, 0.1) is 0 Å². The number of nitrogens with zero attached hydrogens (tertiary/aromatic N) is 2. The molecule has 104 valence electrons. The zero-order chi connectivity index (χ0) is 14.0. The Morgan fingerprint density at radius 3 is 2.65 bits per heavy atom. The summed E-state index contributed by atoms with van der Waals surface area (Å²) in [5, 5.41) is 7.12. The lowest BCUT2D eigenvalue weighted by molar-refractivity contribution is -0.121. The van der Waals surface area contributed by atoms with Gasteiger partial charge < -0.3 is 11.1 Å². The molecule has 0 bridgehead atoms. The number of rotatable bonds is 3. The maximum Gasteiger partial charge on any atom is 0.244 e. The molecule has 0 saturated heterocycles. The lowest BCUT2D eigenvalue weighted by Gasteiger charge is -2.21. The predicted octanol–water partition coefficient (Wildman–Crippen LogP) is 2.08. The lowest BCUT2D eigenvalue weighted by atomic mass is 9.98. The molecule has 5 heteroatoms. The van der Waals surface area contributed by atoms with Crippen molar-refractivity contribution in [3.8, 4) is 5.69 Å². The summed E-state index contributed by atoms with van der Waals surface area (Å²) >= 11 is 0. The fourth-order valence-electron chi connectivity index (χ4n) is 2.60. The maximum atomic E-state index is 12.2. The number of hydrogen-bond donors (Lipinski definition) is 2. The fraction of sp³-hybridized carbons (Fsp3) is 0.333. The molecule has 3 N–H and O–H groups in total. The predicted molar refractivity (Wildman–Crippen MR) is 77.6 cm³/mol. The van der Waals surface area contributed by atoms with Crippen molar-refractivity contribution in [3.05, 3.63) is 42.7 Å². The van der Waals surface area contributed by atoms with Crippen LogP contribution in [-0.2, 0) is 4.79 Å². The van der Waals surface area contributed by atoms with Gasteiger partial charge in [0.2, 0.25) is 5.91 Å². The van der Waals surface area contributed by atoms with Gasteiger partial charge in [-0.25, -0.2) is 4.68 Å². The van der Waals surface area contributed by atoms with Gasteiger partial charge in [-0.1, -0.05) is 31.0 Å². The number of carbonyl (C=O) groups is 1. The lowest BCUT2D eigenvalue weighted by Crippen LogP contribution is -2.48. The van der Waals surface area contributed by atoms with E-state index in [2.05, 4.69) is 10.4 Å². The highest BCUT2D eigenvalue weighted by atomic mass is 16.2. The Labute approximate surface area is 117 Å². The van der Waals surface area contributed by atoms with E-state index in [4.69, 9.17) is 5.73 Å². The second kappa shape index (κ2) is 5.09. The number of carbonyl (C=O) groups excluding carboxylic acids is 1. The Morgan fingerprint density at radius 2 is 1.95 bits per heavy atom. The Bertz CT molecular complexity index is 599. The van der Waals surface area contributed by atoms with Crippen molar-refractivity contribution in [1.29, 1.82) is 0 Å². The highest BCUT2D eigenvalue weighted by Crippen LogP contribution is 2.28. The van der Waals surface area contributed by atoms with Crippen LogP contribution in [0.4, 0.5) is 5.69 Å². The quantitative estimate of drug-likeness (QED) is 0.897. The third-order valence-electron chi connectivity index (χ3n) is 3.81. The van der Waals surface area contributed by atoms with Gasteiger partial charge >= 0.3 is 0 Å². The molecule has 0 atom stereocenters. The minimum absolute atomic E-state index is 0.109. The molecule has 1 aliphatic rings. The SMILES string of the molecule is NC1(C(=O)Nc2cnn(-c3ccccc3)c2)CCCC1. The molecule has 3 rings (SSSR count). The first-order valence-electron chi connectivity index (χ1n) is 6.88. The molecule has 2 aromatic rings. The first-order valence-corrected chi connectivity index (χ1v) is 6.88. The van der Waals surface area contributed by atoms with Crippen LogP contribution in [0.1, 0.15) is 25.7 Å². The minimum Gasteiger partial charge on any atom is -0.322 e. The topological polar surface area (TPSA) is 72.9 Å². The highest BCUT2D eigenvalue weighted by Gasteiger charge is 2.37. The van der Waals surface area contributed by atoms with Gasteiger partial charge in [-0.15, -0.1) is 0 Å². The molecule has 0 aliphatic heterocycles. The van der Waals surface area contributed by atoms with Crippen LogP contribution in [0.5, 0.6) is 0 Å². The monoisotopic (exact) mass is 270 g/mol. The summed E-state index contributed by atoms with van der Waals surface area (Å²) < 4.78 is 1.73. The highest BCUT2D eigenvalue weighted by molar-refractivity contribution is 5.98. The van der Waals surface area contributed by atoms with Gasteiger partial charge in [0, 0.05) is 0 Å². The molecule has 1 aliphatic carbocycles. The molecule has 0 spiro atoms. The molecule has 0 radical (unpaired) electrons. The van der Waals surface area contributed by atoms with Crippen molar-refractivity contribution in [2.45, 2.75) is 31.2 Å². The Morgan fingerprint density at radius 1 is 1.25 bits per heavy atom. The molecule has 1 amide bonds. The standard InChI is InChI=1S/C15H18N4O/c16-15(8-4-5-9-15)14(20)18-12-10-17-19(11-12)13-6-2-1-3-7-13/h1-3,6-7,10-11H,4-5,8-9,16H2,(H,18,20). The van der Waals surface area contributed by atoms with Gasteiger partial charge in [0.15, 0.2) is 0 Å². The zero-order valence-corrected chi connectivity index (χ0v) is 11.2. The van der Waals surface area contributed by atoms with Gasteiger partial charge in [-0.05, 0) is 25.0 Å². The summed E-state index contributed by atoms with van der Waals surface area (Å²) in [4.78, 5) is 12.2. The summed E-state index contributed by atoms with van der Waals surface area (Å²) in [6.45, 7) is 0. The van der Waals surface area contributed by atoms with Gasteiger partial charge in [-0.2, -0.15) is 5.10 Å². The number of nitrogens with one attached hydrogen (secondary N) is 1. The summed E-state index contributed by atoms with van der Waals surface area (Å²) in [6.07, 6.45) is 6.99. The summed E-state index contributed by atoms with van der Waals surface area (Å²) in [5.41, 5.74) is 7.05. The van der Waals surface area contributed by atoms with Crippen molar-refractivity contribution in [3.63, 3.8) is 0 Å². The number of amides is 1. The Kier molecular flexibility index (Phi) is 3.28. The van der Waals surface area contributed by atoms with Crippen LogP contribution in [0.15, 0.2) is 42.7 Å². The summed E-state index contributed by atoms with van der Waals surface area (Å²) in [5.74, 6) is -0.109. The molecule has 0 unspecified atom stereocenters. The van der Waals surface area contributed by atoms with Crippen LogP contribution < -0.4 is 11.1 Å². The van der Waals surface area contributed by atoms with E-state index in [0.29, 0.717) is 5.69 Å². The van der Waals surface area contributed by atoms with Gasteiger partial charge in [0.25, 0.3) is 0 Å². The normalized spacial score (nSPS) is 17.1. The first-order chi connectivity index (χ1) is 9.67. The Hall–Kier alpha value is -2.14. The zero-order valence-electron chi connectivity index (χ0n) is 11.2. The molecular weight excluding hydrogens is 252 g/mol. The van der Waals surface area contributed by atoms with Crippen molar-refractivity contribution < 1.29 is 4.79 Å². The third kappa shape index (κ3) is 2.44. The number of nitrogens with two attached hydrogens (primary N) is 1. The largest absolute Gasteiger partial charge is 0.322 e. The minimum atomic E-state index is -0.713. The number of aromatic nitrogens is 2. The van der Waals surface area contributed by atoms with E-state index in [-0.39, 0.29) is 5.91 Å². The average Bonchev–Trinajstić information content (AvgIpc) is 3.10. The average molecular weight is 270 g/mol. The third-order valence-corrected chi connectivity index (χ3v) is 3.81. The van der Waals surface area contributed by atoms with E-state index in [1.807, 2.05) is 30.3 Å². The maximum absolute atomic E-state index is 12.2.